The average Bonchev–Trinajstić information content (AvgIpc) is 2.54. The van der Waals surface area contributed by atoms with Crippen LogP contribution in [0.3, 0.4) is 0 Å². The highest BCUT2D eigenvalue weighted by atomic mass is 19.1. The maximum Gasteiger partial charge on any atom is 0.145 e. The fraction of sp³-hybridized carbons (Fsp3) is 0.278. The summed E-state index contributed by atoms with van der Waals surface area (Å²) in [6, 6.07) is 15.6. The van der Waals surface area contributed by atoms with Crippen molar-refractivity contribution in [3.8, 4) is 6.07 Å². The predicted molar refractivity (Wildman–Crippen MR) is 80.1 cm³/mol. The monoisotopic (exact) mass is 280 g/mol. The van der Waals surface area contributed by atoms with E-state index in [0.717, 1.165) is 19.3 Å². The van der Waals surface area contributed by atoms with Gasteiger partial charge in [-0.1, -0.05) is 36.4 Å². The van der Waals surface area contributed by atoms with E-state index in [1.54, 1.807) is 12.1 Å². The Morgan fingerprint density at radius 3 is 2.90 bits per heavy atom. The van der Waals surface area contributed by atoms with Crippen molar-refractivity contribution in [2.24, 2.45) is 0 Å². The van der Waals surface area contributed by atoms with Crippen molar-refractivity contribution in [2.75, 3.05) is 0 Å². The van der Waals surface area contributed by atoms with Crippen LogP contribution < -0.4 is 5.32 Å². The lowest BCUT2D eigenvalue weighted by atomic mass is 9.87. The largest absolute Gasteiger partial charge is 0.306 e. The molecule has 1 N–H and O–H groups in total. The summed E-state index contributed by atoms with van der Waals surface area (Å²) >= 11 is 0. The molecule has 2 aromatic carbocycles. The molecular formula is C18H17FN2. The molecular weight excluding hydrogens is 263 g/mol. The summed E-state index contributed by atoms with van der Waals surface area (Å²) in [6.07, 6.45) is 3.33. The third-order valence-electron chi connectivity index (χ3n) is 4.11. The normalized spacial score (nSPS) is 17.0. The van der Waals surface area contributed by atoms with Gasteiger partial charge in [0, 0.05) is 18.2 Å². The van der Waals surface area contributed by atoms with E-state index >= 15 is 0 Å². The van der Waals surface area contributed by atoms with Crippen LogP contribution in [0.25, 0.3) is 0 Å². The first-order chi connectivity index (χ1) is 10.3. The summed E-state index contributed by atoms with van der Waals surface area (Å²) in [5, 5.41) is 12.3. The molecule has 2 nitrogen and oxygen atoms in total. The van der Waals surface area contributed by atoms with Crippen LogP contribution in [-0.2, 0) is 13.0 Å². The highest BCUT2D eigenvalue weighted by Crippen LogP contribution is 2.29. The molecule has 21 heavy (non-hydrogen) atoms. The van der Waals surface area contributed by atoms with Crippen LogP contribution in [0.5, 0.6) is 0 Å². The van der Waals surface area contributed by atoms with Crippen molar-refractivity contribution in [1.82, 2.24) is 5.32 Å². The molecule has 1 aliphatic carbocycles. The maximum absolute atomic E-state index is 14.1. The van der Waals surface area contributed by atoms with Gasteiger partial charge < -0.3 is 5.32 Å². The van der Waals surface area contributed by atoms with Crippen molar-refractivity contribution in [3.05, 3.63) is 70.5 Å². The van der Waals surface area contributed by atoms with Crippen LogP contribution >= 0.6 is 0 Å². The molecule has 0 radical (unpaired) electrons. The standard InChI is InChI=1S/C18H17FN2/c19-18-14(11-20)7-3-8-15(18)12-21-17-10-4-6-13-5-1-2-9-16(13)17/h1-3,5,7-9,17,21H,4,6,10,12H2. The smallest absolute Gasteiger partial charge is 0.145 e. The van der Waals surface area contributed by atoms with Crippen LogP contribution in [0.1, 0.15) is 41.1 Å². The lowest BCUT2D eigenvalue weighted by molar-refractivity contribution is 0.452. The Labute approximate surface area is 124 Å². The van der Waals surface area contributed by atoms with Crippen LogP contribution in [-0.4, -0.2) is 0 Å². The molecule has 0 aromatic heterocycles. The molecule has 0 bridgehead atoms. The molecule has 3 rings (SSSR count). The number of hydrogen-bond donors (Lipinski definition) is 1. The number of halogens is 1. The van der Waals surface area contributed by atoms with E-state index in [2.05, 4.69) is 29.6 Å². The van der Waals surface area contributed by atoms with Crippen molar-refractivity contribution < 1.29 is 4.39 Å². The molecule has 0 heterocycles. The van der Waals surface area contributed by atoms with Gasteiger partial charge in [-0.15, -0.1) is 0 Å². The summed E-state index contributed by atoms with van der Waals surface area (Å²) in [4.78, 5) is 0. The van der Waals surface area contributed by atoms with Crippen LogP contribution in [0.15, 0.2) is 42.5 Å². The van der Waals surface area contributed by atoms with Gasteiger partial charge in [0.1, 0.15) is 11.9 Å². The van der Waals surface area contributed by atoms with Gasteiger partial charge in [-0.25, -0.2) is 4.39 Å². The van der Waals surface area contributed by atoms with Crippen molar-refractivity contribution in [2.45, 2.75) is 31.8 Å². The molecule has 0 amide bonds. The number of rotatable bonds is 3. The highest BCUT2D eigenvalue weighted by Gasteiger charge is 2.19. The fourth-order valence-corrected chi connectivity index (χ4v) is 3.00. The van der Waals surface area contributed by atoms with E-state index in [1.807, 2.05) is 6.07 Å². The molecule has 2 aromatic rings. The molecule has 0 saturated carbocycles. The van der Waals surface area contributed by atoms with E-state index < -0.39 is 5.82 Å². The van der Waals surface area contributed by atoms with Crippen molar-refractivity contribution in [3.63, 3.8) is 0 Å². The molecule has 0 fully saturated rings. The van der Waals surface area contributed by atoms with Crippen LogP contribution in [0.2, 0.25) is 0 Å². The lowest BCUT2D eigenvalue weighted by Gasteiger charge is -2.26. The topological polar surface area (TPSA) is 35.8 Å². The second-order valence-electron chi connectivity index (χ2n) is 5.42. The Hall–Kier alpha value is -2.18. The zero-order valence-electron chi connectivity index (χ0n) is 11.8. The summed E-state index contributed by atoms with van der Waals surface area (Å²) < 4.78 is 14.1. The summed E-state index contributed by atoms with van der Waals surface area (Å²) in [5.41, 5.74) is 3.36. The first-order valence-corrected chi connectivity index (χ1v) is 7.28. The number of aryl methyl sites for hydroxylation is 1. The molecule has 0 saturated heterocycles. The Balaban J connectivity index is 1.76. The molecule has 1 unspecified atom stereocenters. The Morgan fingerprint density at radius 2 is 2.05 bits per heavy atom. The fourth-order valence-electron chi connectivity index (χ4n) is 3.00. The van der Waals surface area contributed by atoms with E-state index in [1.165, 1.54) is 17.2 Å². The zero-order chi connectivity index (χ0) is 14.7. The number of fused-ring (bicyclic) bond motifs is 1. The van der Waals surface area contributed by atoms with Gasteiger partial charge in [0.25, 0.3) is 0 Å². The minimum absolute atomic E-state index is 0.110. The number of benzene rings is 2. The minimum atomic E-state index is -0.406. The van der Waals surface area contributed by atoms with Gasteiger partial charge in [-0.3, -0.25) is 0 Å². The molecule has 0 aliphatic heterocycles. The second kappa shape index (κ2) is 6.07. The van der Waals surface area contributed by atoms with Gasteiger partial charge in [0.05, 0.1) is 5.56 Å². The zero-order valence-corrected chi connectivity index (χ0v) is 11.8. The van der Waals surface area contributed by atoms with Crippen LogP contribution in [0, 0.1) is 17.1 Å². The number of nitrogens with one attached hydrogen (secondary N) is 1. The third kappa shape index (κ3) is 2.81. The molecule has 0 spiro atoms. The molecule has 3 heteroatoms. The van der Waals surface area contributed by atoms with E-state index in [-0.39, 0.29) is 11.6 Å². The maximum atomic E-state index is 14.1. The van der Waals surface area contributed by atoms with E-state index in [9.17, 15) is 4.39 Å². The first-order valence-electron chi connectivity index (χ1n) is 7.28. The molecule has 1 atom stereocenters. The van der Waals surface area contributed by atoms with Crippen molar-refractivity contribution >= 4 is 0 Å². The number of nitriles is 1. The van der Waals surface area contributed by atoms with Crippen molar-refractivity contribution in [1.29, 1.82) is 5.26 Å². The van der Waals surface area contributed by atoms with Gasteiger partial charge in [-0.05, 0) is 36.5 Å². The molecule has 106 valence electrons. The van der Waals surface area contributed by atoms with E-state index in [0.29, 0.717) is 12.1 Å². The Morgan fingerprint density at radius 1 is 1.19 bits per heavy atom. The number of hydrogen-bond acceptors (Lipinski definition) is 2. The third-order valence-corrected chi connectivity index (χ3v) is 4.11. The van der Waals surface area contributed by atoms with Gasteiger partial charge in [0.15, 0.2) is 0 Å². The SMILES string of the molecule is N#Cc1cccc(CNC2CCCc3ccccc32)c1F. The quantitative estimate of drug-likeness (QED) is 0.926. The van der Waals surface area contributed by atoms with E-state index in [4.69, 9.17) is 5.26 Å². The second-order valence-corrected chi connectivity index (χ2v) is 5.42. The van der Waals surface area contributed by atoms with Gasteiger partial charge >= 0.3 is 0 Å². The summed E-state index contributed by atoms with van der Waals surface area (Å²) in [7, 11) is 0. The summed E-state index contributed by atoms with van der Waals surface area (Å²) in [6.45, 7) is 0.445. The summed E-state index contributed by atoms with van der Waals surface area (Å²) in [5.74, 6) is -0.406. The highest BCUT2D eigenvalue weighted by molar-refractivity contribution is 5.35. The van der Waals surface area contributed by atoms with Crippen LogP contribution in [0.4, 0.5) is 4.39 Å². The lowest BCUT2D eigenvalue weighted by Crippen LogP contribution is -2.25. The Kier molecular flexibility index (Phi) is 3.98. The van der Waals surface area contributed by atoms with Gasteiger partial charge in [0.2, 0.25) is 0 Å². The average molecular weight is 280 g/mol. The minimum Gasteiger partial charge on any atom is -0.306 e. The molecule has 1 aliphatic rings. The predicted octanol–water partition coefficient (Wildman–Crippen LogP) is 3.86. The van der Waals surface area contributed by atoms with Gasteiger partial charge in [-0.2, -0.15) is 5.26 Å². The number of nitrogens with zero attached hydrogens (tertiary/aromatic N) is 1. The Bertz CT molecular complexity index is 688. The first kappa shape index (κ1) is 13.8.